The lowest BCUT2D eigenvalue weighted by Gasteiger charge is -2.20. The maximum atomic E-state index is 6.07. The van der Waals surface area contributed by atoms with Gasteiger partial charge in [0.2, 0.25) is 0 Å². The van der Waals surface area contributed by atoms with Gasteiger partial charge in [0.1, 0.15) is 13.2 Å². The number of hydrogen-bond acceptors (Lipinski definition) is 4. The van der Waals surface area contributed by atoms with Gasteiger partial charge in [-0.15, -0.1) is 0 Å². The number of nitrogens with two attached hydrogens (primary N) is 1. The van der Waals surface area contributed by atoms with Crippen LogP contribution >= 0.6 is 0 Å². The van der Waals surface area contributed by atoms with E-state index in [9.17, 15) is 0 Å². The molecule has 0 saturated carbocycles. The number of fused-ring (bicyclic) bond motifs is 1. The average molecular weight is 236 g/mol. The van der Waals surface area contributed by atoms with Crippen LogP contribution in [-0.2, 0) is 6.42 Å². The molecule has 1 atom stereocenters. The fraction of sp³-hybridized carbons (Fsp3) is 0.538. The summed E-state index contributed by atoms with van der Waals surface area (Å²) in [6.07, 6.45) is 0.856. The molecule has 1 aliphatic rings. The van der Waals surface area contributed by atoms with Gasteiger partial charge in [0.25, 0.3) is 0 Å². The van der Waals surface area contributed by atoms with Gasteiger partial charge < -0.3 is 20.1 Å². The van der Waals surface area contributed by atoms with E-state index >= 15 is 0 Å². The zero-order valence-electron chi connectivity index (χ0n) is 10.5. The van der Waals surface area contributed by atoms with Gasteiger partial charge in [-0.1, -0.05) is 6.07 Å². The molecule has 1 aromatic rings. The summed E-state index contributed by atoms with van der Waals surface area (Å²) in [5.41, 5.74) is 7.27. The van der Waals surface area contributed by atoms with Gasteiger partial charge in [-0.25, -0.2) is 0 Å². The molecule has 1 aromatic carbocycles. The summed E-state index contributed by atoms with van der Waals surface area (Å²) < 4.78 is 11.0. The van der Waals surface area contributed by atoms with Gasteiger partial charge in [-0.05, 0) is 38.2 Å². The third kappa shape index (κ3) is 3.35. The Morgan fingerprint density at radius 3 is 2.65 bits per heavy atom. The van der Waals surface area contributed by atoms with E-state index in [1.807, 2.05) is 26.2 Å². The van der Waals surface area contributed by atoms with E-state index in [2.05, 4.69) is 11.0 Å². The van der Waals surface area contributed by atoms with Crippen molar-refractivity contribution in [3.8, 4) is 11.5 Å². The van der Waals surface area contributed by atoms with E-state index in [0.29, 0.717) is 13.2 Å². The highest BCUT2D eigenvalue weighted by molar-refractivity contribution is 5.44. The summed E-state index contributed by atoms with van der Waals surface area (Å²) in [5, 5.41) is 0. The molecule has 0 radical (unpaired) electrons. The number of benzene rings is 1. The van der Waals surface area contributed by atoms with E-state index in [0.717, 1.165) is 24.5 Å². The second-order valence-corrected chi connectivity index (χ2v) is 4.70. The molecule has 0 spiro atoms. The number of ether oxygens (including phenoxy) is 2. The quantitative estimate of drug-likeness (QED) is 0.843. The Balaban J connectivity index is 2.01. The normalized spacial score (nSPS) is 16.0. The van der Waals surface area contributed by atoms with Crippen LogP contribution < -0.4 is 15.2 Å². The van der Waals surface area contributed by atoms with Crippen molar-refractivity contribution >= 4 is 0 Å². The van der Waals surface area contributed by atoms with Crippen LogP contribution in [0.1, 0.15) is 5.56 Å². The van der Waals surface area contributed by atoms with Crippen molar-refractivity contribution in [3.05, 3.63) is 23.8 Å². The van der Waals surface area contributed by atoms with Gasteiger partial charge in [0.15, 0.2) is 11.5 Å². The lowest BCUT2D eigenvalue weighted by atomic mass is 10.1. The van der Waals surface area contributed by atoms with Crippen molar-refractivity contribution in [1.29, 1.82) is 0 Å². The molecular formula is C13H20N2O2. The van der Waals surface area contributed by atoms with E-state index in [1.54, 1.807) is 0 Å². The Morgan fingerprint density at radius 1 is 1.24 bits per heavy atom. The van der Waals surface area contributed by atoms with Crippen molar-refractivity contribution < 1.29 is 9.47 Å². The minimum atomic E-state index is 0.146. The van der Waals surface area contributed by atoms with Crippen LogP contribution in [0, 0.1) is 0 Å². The highest BCUT2D eigenvalue weighted by atomic mass is 16.6. The lowest BCUT2D eigenvalue weighted by molar-refractivity contribution is 0.171. The van der Waals surface area contributed by atoms with Gasteiger partial charge in [-0.3, -0.25) is 0 Å². The first-order chi connectivity index (χ1) is 8.15. The number of hydrogen-bond donors (Lipinski definition) is 1. The van der Waals surface area contributed by atoms with Crippen LogP contribution in [0.5, 0.6) is 11.5 Å². The molecule has 17 heavy (non-hydrogen) atoms. The molecule has 0 aliphatic carbocycles. The standard InChI is InChI=1S/C13H20N2O2/c1-15(2)9-11(14)7-10-3-4-12-13(8-10)17-6-5-16-12/h3-4,8,11H,5-7,9,14H2,1-2H3. The molecule has 0 fully saturated rings. The highest BCUT2D eigenvalue weighted by Gasteiger charge is 2.13. The zero-order chi connectivity index (χ0) is 12.3. The highest BCUT2D eigenvalue weighted by Crippen LogP contribution is 2.30. The molecule has 1 aliphatic heterocycles. The molecule has 94 valence electrons. The van der Waals surface area contributed by atoms with Crippen LogP contribution in [-0.4, -0.2) is 44.8 Å². The second kappa shape index (κ2) is 5.38. The monoisotopic (exact) mass is 236 g/mol. The van der Waals surface area contributed by atoms with Crippen molar-refractivity contribution in [2.24, 2.45) is 5.73 Å². The lowest BCUT2D eigenvalue weighted by Crippen LogP contribution is -2.34. The van der Waals surface area contributed by atoms with E-state index in [1.165, 1.54) is 5.56 Å². The third-order valence-corrected chi connectivity index (χ3v) is 2.70. The zero-order valence-corrected chi connectivity index (χ0v) is 10.5. The van der Waals surface area contributed by atoms with Gasteiger partial charge in [0, 0.05) is 12.6 Å². The molecule has 1 unspecified atom stereocenters. The van der Waals surface area contributed by atoms with E-state index in [4.69, 9.17) is 15.2 Å². The predicted molar refractivity (Wildman–Crippen MR) is 67.7 cm³/mol. The van der Waals surface area contributed by atoms with Gasteiger partial charge in [-0.2, -0.15) is 0 Å². The van der Waals surface area contributed by atoms with Crippen LogP contribution in [0.25, 0.3) is 0 Å². The largest absolute Gasteiger partial charge is 0.486 e. The Labute approximate surface area is 102 Å². The molecule has 4 nitrogen and oxygen atoms in total. The smallest absolute Gasteiger partial charge is 0.161 e. The summed E-state index contributed by atoms with van der Waals surface area (Å²) in [5.74, 6) is 1.67. The third-order valence-electron chi connectivity index (χ3n) is 2.70. The first kappa shape index (κ1) is 12.2. The summed E-state index contributed by atoms with van der Waals surface area (Å²) in [4.78, 5) is 2.10. The van der Waals surface area contributed by atoms with E-state index < -0.39 is 0 Å². The Bertz CT molecular complexity index is 380. The Morgan fingerprint density at radius 2 is 1.94 bits per heavy atom. The molecule has 0 bridgehead atoms. The van der Waals surface area contributed by atoms with Crippen molar-refractivity contribution in [2.75, 3.05) is 33.9 Å². The van der Waals surface area contributed by atoms with Gasteiger partial charge >= 0.3 is 0 Å². The fourth-order valence-corrected chi connectivity index (χ4v) is 2.05. The molecule has 0 saturated heterocycles. The predicted octanol–water partition coefficient (Wildman–Crippen LogP) is 0.889. The Kier molecular flexibility index (Phi) is 3.86. The summed E-state index contributed by atoms with van der Waals surface area (Å²) in [6, 6.07) is 6.20. The minimum absolute atomic E-state index is 0.146. The number of nitrogens with zero attached hydrogens (tertiary/aromatic N) is 1. The van der Waals surface area contributed by atoms with Crippen LogP contribution in [0.4, 0.5) is 0 Å². The average Bonchev–Trinajstić information content (AvgIpc) is 2.27. The minimum Gasteiger partial charge on any atom is -0.486 e. The number of likely N-dealkylation sites (N-methyl/N-ethyl adjacent to an activating group) is 1. The maximum Gasteiger partial charge on any atom is 0.161 e. The summed E-state index contributed by atoms with van der Waals surface area (Å²) in [6.45, 7) is 2.14. The maximum absolute atomic E-state index is 6.07. The number of rotatable bonds is 4. The summed E-state index contributed by atoms with van der Waals surface area (Å²) in [7, 11) is 4.06. The first-order valence-corrected chi connectivity index (χ1v) is 5.94. The summed E-state index contributed by atoms with van der Waals surface area (Å²) >= 11 is 0. The van der Waals surface area contributed by atoms with Crippen LogP contribution in [0.2, 0.25) is 0 Å². The van der Waals surface area contributed by atoms with Crippen LogP contribution in [0.3, 0.4) is 0 Å². The van der Waals surface area contributed by atoms with Crippen molar-refractivity contribution in [3.63, 3.8) is 0 Å². The van der Waals surface area contributed by atoms with E-state index in [-0.39, 0.29) is 6.04 Å². The SMILES string of the molecule is CN(C)CC(N)Cc1ccc2c(c1)OCCO2. The fourth-order valence-electron chi connectivity index (χ4n) is 2.05. The molecular weight excluding hydrogens is 216 g/mol. The van der Waals surface area contributed by atoms with Crippen molar-refractivity contribution in [2.45, 2.75) is 12.5 Å². The van der Waals surface area contributed by atoms with Crippen LogP contribution in [0.15, 0.2) is 18.2 Å². The molecule has 4 heteroatoms. The molecule has 2 rings (SSSR count). The molecule has 2 N–H and O–H groups in total. The molecule has 0 aromatic heterocycles. The van der Waals surface area contributed by atoms with Gasteiger partial charge in [0.05, 0.1) is 0 Å². The Hall–Kier alpha value is -1.26. The molecule has 0 amide bonds. The second-order valence-electron chi connectivity index (χ2n) is 4.70. The first-order valence-electron chi connectivity index (χ1n) is 5.94. The van der Waals surface area contributed by atoms with Crippen molar-refractivity contribution in [1.82, 2.24) is 4.90 Å². The molecule has 1 heterocycles. The topological polar surface area (TPSA) is 47.7 Å².